The number of carbonyl (C=O) groups is 1. The smallest absolute Gasteiger partial charge is 0.337 e. The zero-order chi connectivity index (χ0) is 9.97. The monoisotopic (exact) mass is 195 g/mol. The molecule has 0 bridgehead atoms. The molecule has 1 fully saturated rings. The lowest BCUT2D eigenvalue weighted by Crippen LogP contribution is -2.17. The second kappa shape index (κ2) is 3.84. The standard InChI is InChI=1S/C10H13NO3/c12-10(13)9-5-11-4-8(9)7-2-1-3-14-6-7/h4-5,7,11H,1-3,6H2,(H,12,13). The molecule has 2 N–H and O–H groups in total. The van der Waals surface area contributed by atoms with Crippen LogP contribution in [0.15, 0.2) is 12.4 Å². The first-order valence-corrected chi connectivity index (χ1v) is 4.76. The summed E-state index contributed by atoms with van der Waals surface area (Å²) >= 11 is 0. The molecular weight excluding hydrogens is 182 g/mol. The normalized spacial score (nSPS) is 22.1. The van der Waals surface area contributed by atoms with Crippen molar-refractivity contribution in [1.29, 1.82) is 0 Å². The van der Waals surface area contributed by atoms with Gasteiger partial charge in [-0.2, -0.15) is 0 Å². The van der Waals surface area contributed by atoms with Crippen LogP contribution in [0.25, 0.3) is 0 Å². The van der Waals surface area contributed by atoms with Crippen LogP contribution in [-0.2, 0) is 4.74 Å². The highest BCUT2D eigenvalue weighted by atomic mass is 16.5. The number of nitrogens with one attached hydrogen (secondary N) is 1. The van der Waals surface area contributed by atoms with Crippen LogP contribution in [0.3, 0.4) is 0 Å². The first kappa shape index (κ1) is 9.27. The van der Waals surface area contributed by atoms with Crippen LogP contribution < -0.4 is 0 Å². The quantitative estimate of drug-likeness (QED) is 0.753. The number of hydrogen-bond donors (Lipinski definition) is 2. The van der Waals surface area contributed by atoms with Gasteiger partial charge in [-0.3, -0.25) is 0 Å². The van der Waals surface area contributed by atoms with Gasteiger partial charge in [0.25, 0.3) is 0 Å². The minimum absolute atomic E-state index is 0.237. The SMILES string of the molecule is O=C(O)c1c[nH]cc1C1CCCOC1. The molecule has 0 spiro atoms. The Kier molecular flexibility index (Phi) is 2.54. The lowest BCUT2D eigenvalue weighted by Gasteiger charge is -2.21. The van der Waals surface area contributed by atoms with Crippen LogP contribution in [0.4, 0.5) is 0 Å². The Bertz CT molecular complexity index is 326. The Balaban J connectivity index is 2.21. The van der Waals surface area contributed by atoms with Crippen molar-refractivity contribution in [1.82, 2.24) is 4.98 Å². The van der Waals surface area contributed by atoms with Gasteiger partial charge in [-0.15, -0.1) is 0 Å². The molecule has 0 amide bonds. The first-order chi connectivity index (χ1) is 6.79. The number of rotatable bonds is 2. The first-order valence-electron chi connectivity index (χ1n) is 4.76. The van der Waals surface area contributed by atoms with Crippen molar-refractivity contribution < 1.29 is 14.6 Å². The van der Waals surface area contributed by atoms with E-state index in [1.165, 1.54) is 6.20 Å². The molecule has 4 nitrogen and oxygen atoms in total. The molecule has 1 saturated heterocycles. The molecule has 4 heteroatoms. The van der Waals surface area contributed by atoms with Crippen LogP contribution in [0.2, 0.25) is 0 Å². The van der Waals surface area contributed by atoms with E-state index in [0.717, 1.165) is 25.0 Å². The Morgan fingerprint density at radius 1 is 1.57 bits per heavy atom. The largest absolute Gasteiger partial charge is 0.478 e. The van der Waals surface area contributed by atoms with Gasteiger partial charge < -0.3 is 14.8 Å². The topological polar surface area (TPSA) is 62.3 Å². The molecule has 1 aliphatic rings. The molecule has 76 valence electrons. The highest BCUT2D eigenvalue weighted by Crippen LogP contribution is 2.27. The summed E-state index contributed by atoms with van der Waals surface area (Å²) < 4.78 is 5.33. The van der Waals surface area contributed by atoms with E-state index in [1.807, 2.05) is 0 Å². The number of aromatic amines is 1. The van der Waals surface area contributed by atoms with Crippen LogP contribution in [0.1, 0.15) is 34.7 Å². The number of carboxylic acids is 1. The van der Waals surface area contributed by atoms with Crippen molar-refractivity contribution in [2.24, 2.45) is 0 Å². The van der Waals surface area contributed by atoms with Crippen molar-refractivity contribution in [3.63, 3.8) is 0 Å². The maximum atomic E-state index is 10.9. The number of carboxylic acid groups (broad SMARTS) is 1. The molecule has 1 aromatic heterocycles. The van der Waals surface area contributed by atoms with E-state index in [4.69, 9.17) is 9.84 Å². The molecule has 1 aliphatic heterocycles. The van der Waals surface area contributed by atoms with Crippen molar-refractivity contribution in [2.45, 2.75) is 18.8 Å². The number of aromatic carboxylic acids is 1. The fraction of sp³-hybridized carbons (Fsp3) is 0.500. The third-order valence-corrected chi connectivity index (χ3v) is 2.61. The maximum absolute atomic E-state index is 10.9. The number of ether oxygens (including phenoxy) is 1. The Morgan fingerprint density at radius 3 is 3.07 bits per heavy atom. The molecule has 0 radical (unpaired) electrons. The molecule has 1 atom stereocenters. The molecule has 14 heavy (non-hydrogen) atoms. The zero-order valence-corrected chi connectivity index (χ0v) is 7.82. The predicted octanol–water partition coefficient (Wildman–Crippen LogP) is 1.61. The van der Waals surface area contributed by atoms with E-state index < -0.39 is 5.97 Å². The fourth-order valence-corrected chi connectivity index (χ4v) is 1.88. The van der Waals surface area contributed by atoms with Crippen LogP contribution in [0, 0.1) is 0 Å². The van der Waals surface area contributed by atoms with Crippen molar-refractivity contribution in [3.05, 3.63) is 23.5 Å². The lowest BCUT2D eigenvalue weighted by molar-refractivity contribution is 0.0682. The summed E-state index contributed by atoms with van der Waals surface area (Å²) in [6.07, 6.45) is 5.32. The van der Waals surface area contributed by atoms with Gasteiger partial charge in [0.05, 0.1) is 12.2 Å². The van der Waals surface area contributed by atoms with Crippen LogP contribution in [0.5, 0.6) is 0 Å². The van der Waals surface area contributed by atoms with Gasteiger partial charge in [-0.1, -0.05) is 0 Å². The van der Waals surface area contributed by atoms with Crippen LogP contribution >= 0.6 is 0 Å². The average molecular weight is 195 g/mol. The molecule has 1 unspecified atom stereocenters. The molecular formula is C10H13NO3. The molecule has 1 aromatic rings. The summed E-state index contributed by atoms with van der Waals surface area (Å²) in [7, 11) is 0. The Hall–Kier alpha value is -1.29. The van der Waals surface area contributed by atoms with Gasteiger partial charge >= 0.3 is 5.97 Å². The number of H-pyrrole nitrogens is 1. The van der Waals surface area contributed by atoms with Crippen LogP contribution in [-0.4, -0.2) is 29.3 Å². The highest BCUT2D eigenvalue weighted by Gasteiger charge is 2.22. The average Bonchev–Trinajstić information content (AvgIpc) is 2.67. The summed E-state index contributed by atoms with van der Waals surface area (Å²) in [6.45, 7) is 1.43. The molecule has 0 aliphatic carbocycles. The summed E-state index contributed by atoms with van der Waals surface area (Å²) in [4.78, 5) is 13.7. The van der Waals surface area contributed by atoms with E-state index in [9.17, 15) is 4.79 Å². The third-order valence-electron chi connectivity index (χ3n) is 2.61. The second-order valence-corrected chi connectivity index (χ2v) is 3.54. The number of aromatic nitrogens is 1. The van der Waals surface area contributed by atoms with Gasteiger partial charge in [0, 0.05) is 24.9 Å². The van der Waals surface area contributed by atoms with Gasteiger partial charge in [0.1, 0.15) is 0 Å². The summed E-state index contributed by atoms with van der Waals surface area (Å²) in [5.41, 5.74) is 1.25. The fourth-order valence-electron chi connectivity index (χ4n) is 1.88. The summed E-state index contributed by atoms with van der Waals surface area (Å²) in [5, 5.41) is 8.92. The minimum atomic E-state index is -0.869. The van der Waals surface area contributed by atoms with Crippen molar-refractivity contribution in [2.75, 3.05) is 13.2 Å². The lowest BCUT2D eigenvalue weighted by atomic mass is 9.93. The van der Waals surface area contributed by atoms with Gasteiger partial charge in [-0.25, -0.2) is 4.79 Å². The summed E-state index contributed by atoms with van der Waals surface area (Å²) in [6, 6.07) is 0. The number of hydrogen-bond acceptors (Lipinski definition) is 2. The van der Waals surface area contributed by atoms with E-state index in [1.54, 1.807) is 6.20 Å². The maximum Gasteiger partial charge on any atom is 0.337 e. The van der Waals surface area contributed by atoms with Gasteiger partial charge in [-0.05, 0) is 18.4 Å². The highest BCUT2D eigenvalue weighted by molar-refractivity contribution is 5.89. The van der Waals surface area contributed by atoms with E-state index in [0.29, 0.717) is 12.2 Å². The van der Waals surface area contributed by atoms with Crippen molar-refractivity contribution in [3.8, 4) is 0 Å². The van der Waals surface area contributed by atoms with Crippen molar-refractivity contribution >= 4 is 5.97 Å². The van der Waals surface area contributed by atoms with E-state index >= 15 is 0 Å². The Labute approximate surface area is 81.9 Å². The van der Waals surface area contributed by atoms with E-state index in [2.05, 4.69) is 4.98 Å². The van der Waals surface area contributed by atoms with E-state index in [-0.39, 0.29) is 5.92 Å². The minimum Gasteiger partial charge on any atom is -0.478 e. The van der Waals surface area contributed by atoms with Gasteiger partial charge in [0.15, 0.2) is 0 Å². The predicted molar refractivity (Wildman–Crippen MR) is 50.5 cm³/mol. The molecule has 0 saturated carbocycles. The van der Waals surface area contributed by atoms with Gasteiger partial charge in [0.2, 0.25) is 0 Å². The summed E-state index contributed by atoms with van der Waals surface area (Å²) in [5.74, 6) is -0.632. The second-order valence-electron chi connectivity index (χ2n) is 3.54. The molecule has 2 heterocycles. The zero-order valence-electron chi connectivity index (χ0n) is 7.82. The molecule has 2 rings (SSSR count). The Morgan fingerprint density at radius 2 is 2.43 bits per heavy atom. The molecule has 0 aromatic carbocycles. The third kappa shape index (κ3) is 1.65.